The minimum Gasteiger partial charge on any atom is -0.497 e. The molecule has 0 saturated carbocycles. The molecule has 0 bridgehead atoms. The van der Waals surface area contributed by atoms with E-state index in [0.29, 0.717) is 82.9 Å². The fraction of sp³-hybridized carbons (Fsp3) is 0.846. The summed E-state index contributed by atoms with van der Waals surface area (Å²) >= 11 is 7.23. The first-order valence-corrected chi connectivity index (χ1v) is 47.6. The zero-order valence-electron chi connectivity index (χ0n) is 69.4. The Labute approximate surface area is 703 Å². The molecule has 0 saturated heterocycles. The molecule has 12 unspecified atom stereocenters. The molecule has 37 heteroatoms. The highest BCUT2D eigenvalue weighted by Crippen LogP contribution is 2.26. The van der Waals surface area contributed by atoms with Gasteiger partial charge < -0.3 is 125 Å². The van der Waals surface area contributed by atoms with Gasteiger partial charge in [-0.3, -0.25) is 4.55 Å². The highest BCUT2D eigenvalue weighted by molar-refractivity contribution is 7.99. The van der Waals surface area contributed by atoms with Crippen LogP contribution >= 0.6 is 47.0 Å². The van der Waals surface area contributed by atoms with Gasteiger partial charge in [0.2, 0.25) is 9.84 Å². The van der Waals surface area contributed by atoms with Gasteiger partial charge in [-0.2, -0.15) is 55.5 Å². The maximum Gasteiger partial charge on any atom is 0.264 e. The van der Waals surface area contributed by atoms with Gasteiger partial charge >= 0.3 is 0 Å². The van der Waals surface area contributed by atoms with E-state index in [4.69, 9.17) is 104 Å². The van der Waals surface area contributed by atoms with Gasteiger partial charge in [-0.05, 0) is 146 Å². The Morgan fingerprint density at radius 3 is 1.11 bits per heavy atom. The smallest absolute Gasteiger partial charge is 0.264 e. The van der Waals surface area contributed by atoms with Crippen LogP contribution in [0.3, 0.4) is 0 Å². The van der Waals surface area contributed by atoms with Crippen LogP contribution in [0.1, 0.15) is 72.1 Å². The third-order valence-electron chi connectivity index (χ3n) is 16.2. The summed E-state index contributed by atoms with van der Waals surface area (Å²) in [6.45, 7) is 8.54. The van der Waals surface area contributed by atoms with Crippen molar-refractivity contribution in [2.45, 2.75) is 149 Å². The molecule has 0 aliphatic rings. The van der Waals surface area contributed by atoms with E-state index in [2.05, 4.69) is 20.8 Å². The molecular weight excluding hydrogens is 1630 g/mol. The van der Waals surface area contributed by atoms with Crippen molar-refractivity contribution < 1.29 is 146 Å². The van der Waals surface area contributed by atoms with E-state index < -0.39 is 87.6 Å². The summed E-state index contributed by atoms with van der Waals surface area (Å²) in [4.78, 5) is 0.131. The first-order chi connectivity index (χ1) is 55.8. The molecule has 0 heterocycles. The zero-order valence-corrected chi connectivity index (χ0v) is 74.3. The van der Waals surface area contributed by atoms with Crippen LogP contribution in [0.4, 0.5) is 0 Å². The van der Waals surface area contributed by atoms with Gasteiger partial charge in [0.25, 0.3) is 10.1 Å². The molecule has 0 aromatic heterocycles. The van der Waals surface area contributed by atoms with E-state index in [0.717, 1.165) is 78.8 Å². The largest absolute Gasteiger partial charge is 0.497 e. The fourth-order valence-electron chi connectivity index (χ4n) is 10.1. The van der Waals surface area contributed by atoms with E-state index in [1.165, 1.54) is 38.5 Å². The van der Waals surface area contributed by atoms with Crippen molar-refractivity contribution in [3.05, 3.63) is 48.5 Å². The van der Waals surface area contributed by atoms with E-state index in [1.54, 1.807) is 57.4 Å². The minimum absolute atomic E-state index is 0.00636. The van der Waals surface area contributed by atoms with Crippen molar-refractivity contribution in [2.75, 3.05) is 279 Å². The molecule has 0 aliphatic carbocycles. The fourth-order valence-corrected chi connectivity index (χ4v) is 15.3. The third kappa shape index (κ3) is 60.5. The first kappa shape index (κ1) is 109. The molecule has 2 aromatic carbocycles. The topological polar surface area (TPSA) is 383 Å². The van der Waals surface area contributed by atoms with Gasteiger partial charge in [0.15, 0.2) is 0 Å². The van der Waals surface area contributed by atoms with Crippen LogP contribution in [-0.4, -0.2) is 393 Å². The van der Waals surface area contributed by atoms with Crippen molar-refractivity contribution in [3.8, 4) is 11.5 Å². The van der Waals surface area contributed by atoms with Gasteiger partial charge in [0, 0.05) is 60.8 Å². The Morgan fingerprint density at radius 2 is 0.661 bits per heavy atom. The van der Waals surface area contributed by atoms with Crippen LogP contribution in [0.5, 0.6) is 11.5 Å². The van der Waals surface area contributed by atoms with Gasteiger partial charge in [-0.25, -0.2) is 8.42 Å². The predicted molar refractivity (Wildman–Crippen MR) is 447 cm³/mol. The lowest BCUT2D eigenvalue weighted by molar-refractivity contribution is -0.138. The molecule has 0 spiro atoms. The summed E-state index contributed by atoms with van der Waals surface area (Å²) in [5.74, 6) is 8.15. The highest BCUT2D eigenvalue weighted by atomic mass is 32.2. The number of hydrogen-bond acceptors (Lipinski definition) is 34. The van der Waals surface area contributed by atoms with Crippen LogP contribution in [0, 0.1) is 5.92 Å². The van der Waals surface area contributed by atoms with Crippen molar-refractivity contribution in [1.82, 2.24) is 0 Å². The molecule has 31 nitrogen and oxygen atoms in total. The molecule has 0 aliphatic heterocycles. The number of aliphatic hydroxyl groups excluding tert-OH is 5. The summed E-state index contributed by atoms with van der Waals surface area (Å²) in [6.07, 6.45) is -1.84. The van der Waals surface area contributed by atoms with Crippen LogP contribution in [0.2, 0.25) is 0 Å². The number of hydrogen-bond donors (Lipinski definition) is 6. The van der Waals surface area contributed by atoms with E-state index >= 15 is 0 Å². The summed E-state index contributed by atoms with van der Waals surface area (Å²) in [5.41, 5.74) is 0. The van der Waals surface area contributed by atoms with Crippen molar-refractivity contribution >= 4 is 67.0 Å². The first-order valence-electron chi connectivity index (χ1n) is 39.9. The van der Waals surface area contributed by atoms with Crippen LogP contribution in [0.15, 0.2) is 58.3 Å². The molecule has 0 fully saturated rings. The number of thioether (sulfide) groups is 4. The van der Waals surface area contributed by atoms with Crippen molar-refractivity contribution in [2.24, 2.45) is 5.92 Å². The Hall–Kier alpha value is -1.66. The van der Waals surface area contributed by atoms with E-state index in [1.807, 2.05) is 35.3 Å². The van der Waals surface area contributed by atoms with Crippen LogP contribution < -0.4 is 9.47 Å². The van der Waals surface area contributed by atoms with Crippen molar-refractivity contribution in [3.63, 3.8) is 0 Å². The normalized spacial score (nSPS) is 15.4. The summed E-state index contributed by atoms with van der Waals surface area (Å²) < 4.78 is 182. The zero-order chi connectivity index (χ0) is 84.1. The molecule has 6 N–H and O–H groups in total. The molecular formula is C78H142O31S6. The Bertz CT molecular complexity index is 2720. The van der Waals surface area contributed by atoms with Crippen LogP contribution in [-0.2, 0) is 110 Å². The Kier molecular flexibility index (Phi) is 70.2. The highest BCUT2D eigenvalue weighted by Gasteiger charge is 2.25. The monoisotopic (exact) mass is 1770 g/mol. The number of benzene rings is 2. The number of rotatable bonds is 86. The van der Waals surface area contributed by atoms with Gasteiger partial charge in [-0.1, -0.05) is 20.8 Å². The van der Waals surface area contributed by atoms with E-state index in [9.17, 15) is 42.4 Å². The summed E-state index contributed by atoms with van der Waals surface area (Å²) in [6, 6.07) is 12.1. The lowest BCUT2D eigenvalue weighted by atomic mass is 10.2. The minimum atomic E-state index is -4.01. The second kappa shape index (κ2) is 73.8. The predicted octanol–water partition coefficient (Wildman–Crippen LogP) is 6.37. The second-order valence-electron chi connectivity index (χ2n) is 27.1. The number of sulfone groups is 1. The lowest BCUT2D eigenvalue weighted by Gasteiger charge is -2.26. The lowest BCUT2D eigenvalue weighted by Crippen LogP contribution is -2.38. The van der Waals surface area contributed by atoms with Crippen LogP contribution in [0.25, 0.3) is 0 Å². The third-order valence-corrected chi connectivity index (χ3v) is 23.8. The van der Waals surface area contributed by atoms with Gasteiger partial charge in [0.1, 0.15) is 85.2 Å². The average Bonchev–Trinajstić information content (AvgIpc) is 0.803. The molecule has 0 radical (unpaired) electrons. The quantitative estimate of drug-likeness (QED) is 0.0309. The molecule has 12 atom stereocenters. The second-order valence-corrected chi connectivity index (χ2v) is 35.5. The average molecular weight is 1770 g/mol. The Morgan fingerprint density at radius 1 is 0.330 bits per heavy atom. The number of aliphatic hydroxyl groups is 5. The number of ether oxygens (including phenoxy) is 21. The van der Waals surface area contributed by atoms with Gasteiger partial charge in [0.05, 0.1) is 181 Å². The summed E-state index contributed by atoms with van der Waals surface area (Å²) in [7, 11) is -0.113. The van der Waals surface area contributed by atoms with E-state index in [-0.39, 0.29) is 160 Å². The van der Waals surface area contributed by atoms with Crippen molar-refractivity contribution in [1.29, 1.82) is 0 Å². The molecule has 115 heavy (non-hydrogen) atoms. The summed E-state index contributed by atoms with van der Waals surface area (Å²) in [5, 5.41) is 54.2. The molecule has 2 rings (SSSR count). The molecule has 0 amide bonds. The maximum atomic E-state index is 13.6. The Balaban J connectivity index is 2.30. The molecule has 676 valence electrons. The SMILES string of the molecule is CCCSCCCOCC(COC)COCC(O)COCC(O)COC(CO)COCC(COC(COCC(COC)OCCCSCCC)COc1ccc(S(=O)(=O)c2ccc(OC)cc2)cc1)OCC(O)COCC(COCC(O)COCC(COCCCSCCC)OC)OCC(COCCCSCCCS(=O)(=O)O)OC. The molecule has 2 aromatic rings. The standard InChI is InChI=1S/C78H142O31S6/c1-9-29-110-32-12-25-94-40-63(39-89-4)41-97-42-64(80)43-98-46-66(82)48-105-70(38-79)51-102-58-75(62-109-76(59-103-55-73(50-90-5)104-28-15-35-112-31-11-3)61-107-69-19-23-78(24-20-69)115(87,88)77-21-17-68(91-6)18-22-77)106-49-67(83)47-101-57-74(108-60-72(93-8)53-96-27-14-34-113-36-16-37-114(84,85)86)56-100-45-65(81)44-99-54-71(92-7)52-95-26-13-33-111-30-10-2/h17-24,63-67,70-76,79-83H,9-16,25-62H2,1-8H3,(H,84,85,86). The van der Waals surface area contributed by atoms with Gasteiger partial charge in [-0.15, -0.1) is 0 Å². The number of methoxy groups -OCH3 is 5. The maximum absolute atomic E-state index is 13.6.